The number of ether oxygens (including phenoxy) is 2. The lowest BCUT2D eigenvalue weighted by atomic mass is 9.91. The van der Waals surface area contributed by atoms with Crippen molar-refractivity contribution in [3.05, 3.63) is 48.2 Å². The smallest absolute Gasteiger partial charge is 0.271 e. The standard InChI is InChI=1S/C34H46N6O6Si/c1-45-29-10-6-9-25-24(29)16-27(37-25)34(44)40-18-22-7-5-8-23(22)30(40)33(43)38-26(15-21-11-12-36-32(21)42)31(41)28-17-35-19-39(28)20-46-13-14-47(2,3)4/h6,9-10,16-17,19,21-23,26,30,37H,5,7-8,11-15,18,20H2,1-4H3,(H,36,42)(H,38,43)/t21-,22-,23-,26-,30-/m0/s1. The molecule has 12 nitrogen and oxygen atoms in total. The molecule has 3 fully saturated rings. The summed E-state index contributed by atoms with van der Waals surface area (Å²) >= 11 is 0. The molecular formula is C34H46N6O6Si. The molecule has 3 aliphatic rings. The summed E-state index contributed by atoms with van der Waals surface area (Å²) in [6.45, 7) is 8.59. The van der Waals surface area contributed by atoms with Crippen molar-refractivity contribution in [1.82, 2.24) is 30.1 Å². The summed E-state index contributed by atoms with van der Waals surface area (Å²) in [7, 11) is 0.302. The van der Waals surface area contributed by atoms with Gasteiger partial charge in [-0.1, -0.05) is 32.1 Å². The number of nitrogens with zero attached hydrogens (tertiary/aromatic N) is 3. The Bertz CT molecular complexity index is 1640. The van der Waals surface area contributed by atoms with Crippen LogP contribution in [0, 0.1) is 17.8 Å². The van der Waals surface area contributed by atoms with E-state index in [1.807, 2.05) is 18.2 Å². The molecule has 0 unspecified atom stereocenters. The maximum absolute atomic E-state index is 14.3. The zero-order chi connectivity index (χ0) is 33.3. The second kappa shape index (κ2) is 13.6. The van der Waals surface area contributed by atoms with Gasteiger partial charge in [0.2, 0.25) is 17.6 Å². The number of H-pyrrole nitrogens is 1. The molecule has 5 atom stereocenters. The minimum Gasteiger partial charge on any atom is -0.496 e. The van der Waals surface area contributed by atoms with E-state index in [0.29, 0.717) is 43.3 Å². The van der Waals surface area contributed by atoms with Gasteiger partial charge >= 0.3 is 0 Å². The number of ketones is 1. The van der Waals surface area contributed by atoms with Gasteiger partial charge in [-0.2, -0.15) is 0 Å². The van der Waals surface area contributed by atoms with Crippen molar-refractivity contribution < 1.29 is 28.7 Å². The first kappa shape index (κ1) is 32.9. The Kier molecular flexibility index (Phi) is 9.56. The van der Waals surface area contributed by atoms with E-state index in [4.69, 9.17) is 9.47 Å². The van der Waals surface area contributed by atoms with Crippen LogP contribution in [0.15, 0.2) is 36.8 Å². The molecule has 47 heavy (non-hydrogen) atoms. The summed E-state index contributed by atoms with van der Waals surface area (Å²) < 4.78 is 13.1. The van der Waals surface area contributed by atoms with Crippen LogP contribution >= 0.6 is 0 Å². The number of fused-ring (bicyclic) bond motifs is 2. The first-order valence-electron chi connectivity index (χ1n) is 16.7. The van der Waals surface area contributed by atoms with E-state index in [1.165, 1.54) is 6.20 Å². The van der Waals surface area contributed by atoms with E-state index in [0.717, 1.165) is 36.2 Å². The molecule has 0 bridgehead atoms. The third-order valence-electron chi connectivity index (χ3n) is 10.0. The summed E-state index contributed by atoms with van der Waals surface area (Å²) in [6.07, 6.45) is 6.55. The summed E-state index contributed by atoms with van der Waals surface area (Å²) in [5.74, 6) is -0.625. The normalized spacial score (nSPS) is 23.1. The van der Waals surface area contributed by atoms with Crippen LogP contribution < -0.4 is 15.4 Å². The Morgan fingerprint density at radius 3 is 2.74 bits per heavy atom. The molecule has 252 valence electrons. The van der Waals surface area contributed by atoms with Crippen molar-refractivity contribution in [3.8, 4) is 5.75 Å². The number of likely N-dealkylation sites (tertiary alicyclic amines) is 1. The van der Waals surface area contributed by atoms with E-state index in [-0.39, 0.29) is 48.5 Å². The number of amides is 3. The number of rotatable bonds is 13. The number of nitrogens with one attached hydrogen (secondary N) is 3. The van der Waals surface area contributed by atoms with E-state index >= 15 is 0 Å². The third-order valence-corrected chi connectivity index (χ3v) is 11.7. The molecule has 0 radical (unpaired) electrons. The number of aromatic nitrogens is 3. The molecule has 1 aliphatic carbocycles. The van der Waals surface area contributed by atoms with Gasteiger partial charge in [-0.15, -0.1) is 0 Å². The first-order chi connectivity index (χ1) is 22.5. The number of Topliss-reactive ketones (excluding diaryl/α,β-unsaturated/α-hetero) is 1. The van der Waals surface area contributed by atoms with E-state index in [1.54, 1.807) is 29.0 Å². The highest BCUT2D eigenvalue weighted by molar-refractivity contribution is 6.76. The summed E-state index contributed by atoms with van der Waals surface area (Å²) in [5, 5.41) is 6.67. The van der Waals surface area contributed by atoms with Crippen molar-refractivity contribution in [1.29, 1.82) is 0 Å². The molecule has 2 aliphatic heterocycles. The quantitative estimate of drug-likeness (QED) is 0.143. The van der Waals surface area contributed by atoms with E-state index in [9.17, 15) is 19.2 Å². The van der Waals surface area contributed by atoms with E-state index < -0.39 is 26.1 Å². The van der Waals surface area contributed by atoms with Gasteiger partial charge in [-0.05, 0) is 61.8 Å². The van der Waals surface area contributed by atoms with E-state index in [2.05, 4.69) is 40.2 Å². The average molecular weight is 663 g/mol. The molecule has 3 amide bonds. The molecule has 2 saturated heterocycles. The molecule has 0 spiro atoms. The van der Waals surface area contributed by atoms with Crippen LogP contribution in [-0.2, 0) is 21.1 Å². The number of aromatic amines is 1. The SMILES string of the molecule is COc1cccc2[nH]c(C(=O)N3C[C@@H]4CCC[C@@H]4[C@H]3C(=O)N[C@@H](C[C@@H]3CCNC3=O)C(=O)c3cncn3COCC[Si](C)(C)C)cc12. The van der Waals surface area contributed by atoms with Crippen molar-refractivity contribution in [3.63, 3.8) is 0 Å². The summed E-state index contributed by atoms with van der Waals surface area (Å²) in [6, 6.07) is 6.65. The lowest BCUT2D eigenvalue weighted by Gasteiger charge is -2.29. The number of carbonyl (C=O) groups excluding carboxylic acids is 4. The number of hydrogen-bond donors (Lipinski definition) is 3. The van der Waals surface area contributed by atoms with Crippen LogP contribution in [0.1, 0.15) is 53.1 Å². The number of methoxy groups -OCH3 is 1. The highest BCUT2D eigenvalue weighted by Crippen LogP contribution is 2.43. The monoisotopic (exact) mass is 662 g/mol. The Morgan fingerprint density at radius 2 is 2.00 bits per heavy atom. The fourth-order valence-corrected chi connectivity index (χ4v) is 8.17. The Hall–Kier alpha value is -3.97. The molecule has 3 aromatic rings. The van der Waals surface area contributed by atoms with Crippen LogP contribution in [0.2, 0.25) is 25.7 Å². The van der Waals surface area contributed by atoms with Gasteiger partial charge in [0, 0.05) is 44.6 Å². The molecule has 3 N–H and O–H groups in total. The molecule has 13 heteroatoms. The van der Waals surface area contributed by atoms with Crippen LogP contribution in [0.25, 0.3) is 10.9 Å². The molecule has 1 saturated carbocycles. The lowest BCUT2D eigenvalue weighted by molar-refractivity contribution is -0.127. The van der Waals surface area contributed by atoms with Crippen LogP contribution in [0.4, 0.5) is 0 Å². The third kappa shape index (κ3) is 7.01. The summed E-state index contributed by atoms with van der Waals surface area (Å²) in [5.41, 5.74) is 1.47. The topological polar surface area (TPSA) is 148 Å². The second-order valence-corrected chi connectivity index (χ2v) is 20.0. The Morgan fingerprint density at radius 1 is 1.17 bits per heavy atom. The van der Waals surface area contributed by atoms with Gasteiger partial charge in [-0.3, -0.25) is 19.2 Å². The number of carbonyl (C=O) groups is 4. The molecule has 6 rings (SSSR count). The average Bonchev–Trinajstić information content (AvgIpc) is 3.86. The number of benzene rings is 1. The lowest BCUT2D eigenvalue weighted by Crippen LogP contribution is -2.53. The van der Waals surface area contributed by atoms with Crippen molar-refractivity contribution in [2.24, 2.45) is 17.8 Å². The predicted octanol–water partition coefficient (Wildman–Crippen LogP) is 3.82. The van der Waals surface area contributed by atoms with Gasteiger partial charge < -0.3 is 34.6 Å². The van der Waals surface area contributed by atoms with Crippen LogP contribution in [0.3, 0.4) is 0 Å². The number of imidazole rings is 1. The Balaban J connectivity index is 1.24. The minimum atomic E-state index is -1.29. The maximum atomic E-state index is 14.3. The van der Waals surface area contributed by atoms with Gasteiger partial charge in [-0.25, -0.2) is 4.98 Å². The fraction of sp³-hybridized carbons (Fsp3) is 0.559. The minimum absolute atomic E-state index is 0.00584. The predicted molar refractivity (Wildman–Crippen MR) is 179 cm³/mol. The molecule has 4 heterocycles. The Labute approximate surface area is 276 Å². The zero-order valence-corrected chi connectivity index (χ0v) is 28.7. The van der Waals surface area contributed by atoms with Crippen molar-refractivity contribution in [2.45, 2.75) is 76.6 Å². The number of hydrogen-bond acceptors (Lipinski definition) is 7. The fourth-order valence-electron chi connectivity index (χ4n) is 7.42. The summed E-state index contributed by atoms with van der Waals surface area (Å²) in [4.78, 5) is 64.2. The van der Waals surface area contributed by atoms with Gasteiger partial charge in [0.25, 0.3) is 5.91 Å². The molecular weight excluding hydrogens is 616 g/mol. The van der Waals surface area contributed by atoms with Crippen LogP contribution in [0.5, 0.6) is 5.75 Å². The molecule has 1 aromatic carbocycles. The second-order valence-electron chi connectivity index (χ2n) is 14.4. The highest BCUT2D eigenvalue weighted by atomic mass is 28.3. The van der Waals surface area contributed by atoms with Crippen molar-refractivity contribution >= 4 is 42.5 Å². The first-order valence-corrected chi connectivity index (χ1v) is 20.4. The molecule has 2 aromatic heterocycles. The van der Waals surface area contributed by atoms with Crippen LogP contribution in [-0.4, -0.2) is 89.9 Å². The van der Waals surface area contributed by atoms with Gasteiger partial charge in [0.1, 0.15) is 29.9 Å². The highest BCUT2D eigenvalue weighted by Gasteiger charge is 2.50. The largest absolute Gasteiger partial charge is 0.496 e. The zero-order valence-electron chi connectivity index (χ0n) is 27.7. The van der Waals surface area contributed by atoms with Gasteiger partial charge in [0.05, 0.1) is 25.7 Å². The van der Waals surface area contributed by atoms with Gasteiger partial charge in [0.15, 0.2) is 0 Å². The van der Waals surface area contributed by atoms with Crippen molar-refractivity contribution in [2.75, 3.05) is 26.8 Å². The maximum Gasteiger partial charge on any atom is 0.271 e.